The van der Waals surface area contributed by atoms with Crippen molar-refractivity contribution in [3.8, 4) is 5.75 Å². The van der Waals surface area contributed by atoms with Crippen molar-refractivity contribution in [2.24, 2.45) is 0 Å². The van der Waals surface area contributed by atoms with Crippen LogP contribution in [0.3, 0.4) is 0 Å². The second-order valence-electron chi connectivity index (χ2n) is 2.49. The molecule has 0 saturated carbocycles. The van der Waals surface area contributed by atoms with Crippen molar-refractivity contribution >= 4 is 0 Å². The van der Waals surface area contributed by atoms with Crippen LogP contribution in [0.25, 0.3) is 0 Å². The van der Waals surface area contributed by atoms with Crippen LogP contribution in [0.4, 0.5) is 0 Å². The van der Waals surface area contributed by atoms with Crippen LogP contribution in [0.5, 0.6) is 5.75 Å². The highest BCUT2D eigenvalue weighted by Gasteiger charge is 2.02. The van der Waals surface area contributed by atoms with Crippen molar-refractivity contribution in [2.75, 3.05) is 0 Å². The second kappa shape index (κ2) is 2.79. The van der Waals surface area contributed by atoms with Gasteiger partial charge in [0.05, 0.1) is 0 Å². The van der Waals surface area contributed by atoms with Crippen molar-refractivity contribution in [1.29, 1.82) is 0 Å². The fraction of sp³-hybridized carbons (Fsp3) is 0.100. The summed E-state index contributed by atoms with van der Waals surface area (Å²) in [4.78, 5) is 0. The zero-order valence-corrected chi connectivity index (χ0v) is 6.16. The fourth-order valence-electron chi connectivity index (χ4n) is 1.15. The van der Waals surface area contributed by atoms with E-state index >= 15 is 0 Å². The summed E-state index contributed by atoms with van der Waals surface area (Å²) in [6.45, 7) is 1.71. The Kier molecular flexibility index (Phi) is 1.64. The largest absolute Gasteiger partial charge is 0.482 e. The van der Waals surface area contributed by atoms with E-state index in [2.05, 4.69) is 12.1 Å². The van der Waals surface area contributed by atoms with Gasteiger partial charge in [-0.3, -0.25) is 0 Å². The van der Waals surface area contributed by atoms with E-state index in [1.165, 1.54) is 5.56 Å². The lowest BCUT2D eigenvalue weighted by atomic mass is 10.1. The normalized spacial score (nSPS) is 14.9. The Hall–Kier alpha value is -1.24. The minimum Gasteiger partial charge on any atom is -0.482 e. The van der Waals surface area contributed by atoms with Crippen LogP contribution in [-0.4, -0.2) is 0 Å². The Morgan fingerprint density at radius 3 is 3.09 bits per heavy atom. The molecule has 2 rings (SSSR count). The molecule has 1 nitrogen and oxygen atoms in total. The maximum atomic E-state index is 5.34. The van der Waals surface area contributed by atoms with E-state index in [9.17, 15) is 0 Å². The first-order valence-corrected chi connectivity index (χ1v) is 3.70. The van der Waals surface area contributed by atoms with Gasteiger partial charge in [-0.15, -0.1) is 0 Å². The molecule has 1 heterocycles. The molecule has 1 aliphatic heterocycles. The highest BCUT2D eigenvalue weighted by molar-refractivity contribution is 5.36. The van der Waals surface area contributed by atoms with Crippen LogP contribution < -0.4 is 4.74 Å². The van der Waals surface area contributed by atoms with Crippen LogP contribution in [0.1, 0.15) is 5.56 Å². The van der Waals surface area contributed by atoms with Crippen LogP contribution in [0.2, 0.25) is 0 Å². The van der Waals surface area contributed by atoms with Gasteiger partial charge in [0.15, 0.2) is 6.61 Å². The van der Waals surface area contributed by atoms with Gasteiger partial charge in [0, 0.05) is 0 Å². The molecule has 1 aliphatic rings. The highest BCUT2D eigenvalue weighted by atomic mass is 16.5. The summed E-state index contributed by atoms with van der Waals surface area (Å²) in [6, 6.07) is 8.08. The number of ether oxygens (including phenoxy) is 1. The lowest BCUT2D eigenvalue weighted by Gasteiger charge is -2.03. The van der Waals surface area contributed by atoms with Crippen LogP contribution in [0, 0.1) is 6.61 Å². The van der Waals surface area contributed by atoms with Gasteiger partial charge in [0.25, 0.3) is 0 Å². The van der Waals surface area contributed by atoms with E-state index in [0.29, 0.717) is 0 Å². The molecule has 0 saturated heterocycles. The summed E-state index contributed by atoms with van der Waals surface area (Å²) in [5.41, 5.74) is 1.25. The van der Waals surface area contributed by atoms with Gasteiger partial charge in [-0.2, -0.15) is 0 Å². The minimum atomic E-state index is 0.965. The average Bonchev–Trinajstić information content (AvgIpc) is 2.28. The maximum absolute atomic E-state index is 5.34. The van der Waals surface area contributed by atoms with Crippen molar-refractivity contribution in [3.63, 3.8) is 0 Å². The first-order valence-electron chi connectivity index (χ1n) is 3.70. The van der Waals surface area contributed by atoms with E-state index in [1.54, 1.807) is 6.61 Å². The number of fused-ring (bicyclic) bond motifs is 1. The Morgan fingerprint density at radius 2 is 2.09 bits per heavy atom. The summed E-state index contributed by atoms with van der Waals surface area (Å²) in [5, 5.41) is 0. The van der Waals surface area contributed by atoms with Gasteiger partial charge in [0.1, 0.15) is 5.75 Å². The summed E-state index contributed by atoms with van der Waals surface area (Å²) in [6.07, 6.45) is 4.98. The Labute approximate surface area is 66.3 Å². The minimum absolute atomic E-state index is 0.965. The molecule has 0 N–H and O–H groups in total. The highest BCUT2D eigenvalue weighted by Crippen LogP contribution is 2.21. The molecular formula is C10H9O. The summed E-state index contributed by atoms with van der Waals surface area (Å²) >= 11 is 0. The lowest BCUT2D eigenvalue weighted by Crippen LogP contribution is -1.87. The Balaban J connectivity index is 2.40. The van der Waals surface area contributed by atoms with Crippen molar-refractivity contribution in [3.05, 3.63) is 48.6 Å². The molecule has 0 bridgehead atoms. The summed E-state index contributed by atoms with van der Waals surface area (Å²) < 4.78 is 5.34. The van der Waals surface area contributed by atoms with Crippen molar-refractivity contribution in [2.45, 2.75) is 6.42 Å². The van der Waals surface area contributed by atoms with E-state index in [-0.39, 0.29) is 0 Å². The third kappa shape index (κ3) is 1.27. The first kappa shape index (κ1) is 6.47. The van der Waals surface area contributed by atoms with Gasteiger partial charge >= 0.3 is 0 Å². The zero-order valence-electron chi connectivity index (χ0n) is 6.16. The molecule has 1 radical (unpaired) electrons. The predicted octanol–water partition coefficient (Wildman–Crippen LogP) is 2.34. The number of para-hydroxylation sites is 1. The third-order valence-electron chi connectivity index (χ3n) is 1.72. The monoisotopic (exact) mass is 145 g/mol. The van der Waals surface area contributed by atoms with Gasteiger partial charge in [-0.05, 0) is 24.1 Å². The third-order valence-corrected chi connectivity index (χ3v) is 1.72. The van der Waals surface area contributed by atoms with Gasteiger partial charge < -0.3 is 4.74 Å². The van der Waals surface area contributed by atoms with Crippen LogP contribution in [0.15, 0.2) is 36.4 Å². The van der Waals surface area contributed by atoms with Crippen LogP contribution >= 0.6 is 0 Å². The van der Waals surface area contributed by atoms with Gasteiger partial charge in [-0.1, -0.05) is 24.3 Å². The molecule has 0 amide bonds. The molecule has 0 spiro atoms. The van der Waals surface area contributed by atoms with E-state index in [4.69, 9.17) is 4.74 Å². The second-order valence-corrected chi connectivity index (χ2v) is 2.49. The first-order chi connectivity index (χ1) is 5.47. The summed E-state index contributed by atoms with van der Waals surface area (Å²) in [5.74, 6) is 0.970. The quantitative estimate of drug-likeness (QED) is 0.544. The predicted molar refractivity (Wildman–Crippen MR) is 44.2 cm³/mol. The average molecular weight is 145 g/mol. The molecule has 0 atom stereocenters. The van der Waals surface area contributed by atoms with E-state index in [1.807, 2.05) is 24.3 Å². The molecule has 1 heteroatoms. The van der Waals surface area contributed by atoms with Gasteiger partial charge in [-0.25, -0.2) is 0 Å². The summed E-state index contributed by atoms with van der Waals surface area (Å²) in [7, 11) is 0. The molecule has 0 aromatic heterocycles. The molecule has 0 fully saturated rings. The topological polar surface area (TPSA) is 9.23 Å². The van der Waals surface area contributed by atoms with E-state index in [0.717, 1.165) is 12.2 Å². The van der Waals surface area contributed by atoms with E-state index < -0.39 is 0 Å². The zero-order chi connectivity index (χ0) is 7.52. The number of benzene rings is 1. The molecule has 0 unspecified atom stereocenters. The standard InChI is InChI=1S/C10H9O/c1-2-7-10-9(5-1)6-3-4-8-11-10/h1-5,7-8H,6H2. The number of rotatable bonds is 0. The lowest BCUT2D eigenvalue weighted by molar-refractivity contribution is 0.433. The Bertz CT molecular complexity index is 276. The molecule has 1 aromatic carbocycles. The molecule has 0 aliphatic carbocycles. The number of hydrogen-bond acceptors (Lipinski definition) is 1. The van der Waals surface area contributed by atoms with Gasteiger partial charge in [0.2, 0.25) is 0 Å². The number of hydrogen-bond donors (Lipinski definition) is 0. The fourth-order valence-corrected chi connectivity index (χ4v) is 1.15. The number of allylic oxidation sites excluding steroid dienone is 1. The maximum Gasteiger partial charge on any atom is 0.157 e. The van der Waals surface area contributed by atoms with Crippen molar-refractivity contribution in [1.82, 2.24) is 0 Å². The SMILES string of the molecule is [CH]1C=CCc2ccccc2O1. The van der Waals surface area contributed by atoms with Crippen molar-refractivity contribution < 1.29 is 4.74 Å². The Morgan fingerprint density at radius 1 is 1.18 bits per heavy atom. The molecular weight excluding hydrogens is 136 g/mol. The smallest absolute Gasteiger partial charge is 0.157 e. The van der Waals surface area contributed by atoms with Crippen LogP contribution in [-0.2, 0) is 6.42 Å². The molecule has 1 aromatic rings. The molecule has 55 valence electrons. The molecule has 11 heavy (non-hydrogen) atoms.